The third-order valence-corrected chi connectivity index (χ3v) is 3.54. The van der Waals surface area contributed by atoms with E-state index in [2.05, 4.69) is 0 Å². The minimum atomic E-state index is -4.40. The summed E-state index contributed by atoms with van der Waals surface area (Å²) in [6, 6.07) is 2.79. The number of hydrogen-bond acceptors (Lipinski definition) is 4. The molecular formula is C12H17ClF3NO2S. The van der Waals surface area contributed by atoms with Gasteiger partial charge in [-0.3, -0.25) is 0 Å². The SMILES string of the molecule is CC(C)(CO)[C@@H](N)c1cc(SC(F)(F)F)ccc1O.Cl. The van der Waals surface area contributed by atoms with Crippen molar-refractivity contribution in [1.29, 1.82) is 0 Å². The molecule has 3 nitrogen and oxygen atoms in total. The monoisotopic (exact) mass is 331 g/mol. The second-order valence-corrected chi connectivity index (χ2v) is 6.03. The smallest absolute Gasteiger partial charge is 0.446 e. The summed E-state index contributed by atoms with van der Waals surface area (Å²) in [5, 5.41) is 18.9. The summed E-state index contributed by atoms with van der Waals surface area (Å²) in [6.45, 7) is 3.09. The second-order valence-electron chi connectivity index (χ2n) is 4.89. The highest BCUT2D eigenvalue weighted by molar-refractivity contribution is 8.00. The minimum Gasteiger partial charge on any atom is -0.508 e. The van der Waals surface area contributed by atoms with Crippen LogP contribution in [-0.4, -0.2) is 22.3 Å². The van der Waals surface area contributed by atoms with Crippen LogP contribution in [0.5, 0.6) is 5.75 Å². The third kappa shape index (κ3) is 5.05. The zero-order chi connectivity index (χ0) is 14.8. The van der Waals surface area contributed by atoms with E-state index in [-0.39, 0.29) is 47.0 Å². The molecule has 1 rings (SSSR count). The summed E-state index contributed by atoms with van der Waals surface area (Å²) in [6.07, 6.45) is 0. The zero-order valence-corrected chi connectivity index (χ0v) is 12.6. The highest BCUT2D eigenvalue weighted by atomic mass is 35.5. The molecule has 0 aliphatic rings. The van der Waals surface area contributed by atoms with Crippen molar-refractivity contribution in [2.24, 2.45) is 11.1 Å². The van der Waals surface area contributed by atoms with Gasteiger partial charge in [-0.2, -0.15) is 13.2 Å². The fourth-order valence-corrected chi connectivity index (χ4v) is 2.09. The molecule has 20 heavy (non-hydrogen) atoms. The van der Waals surface area contributed by atoms with E-state index in [1.807, 2.05) is 0 Å². The van der Waals surface area contributed by atoms with Crippen molar-refractivity contribution >= 4 is 24.2 Å². The Bertz CT molecular complexity index is 455. The molecule has 1 aromatic carbocycles. The number of thioether (sulfide) groups is 1. The maximum atomic E-state index is 12.3. The molecule has 0 aliphatic heterocycles. The van der Waals surface area contributed by atoms with Gasteiger partial charge in [0.1, 0.15) is 5.75 Å². The predicted octanol–water partition coefficient (Wildman–Crippen LogP) is 3.44. The van der Waals surface area contributed by atoms with Crippen molar-refractivity contribution in [3.8, 4) is 5.75 Å². The number of phenols is 1. The van der Waals surface area contributed by atoms with Crippen LogP contribution in [0.15, 0.2) is 23.1 Å². The van der Waals surface area contributed by atoms with Gasteiger partial charge in [0.15, 0.2) is 0 Å². The summed E-state index contributed by atoms with van der Waals surface area (Å²) in [7, 11) is 0. The van der Waals surface area contributed by atoms with Crippen LogP contribution in [0, 0.1) is 5.41 Å². The van der Waals surface area contributed by atoms with E-state index in [9.17, 15) is 23.4 Å². The summed E-state index contributed by atoms with van der Waals surface area (Å²) >= 11 is -0.270. The summed E-state index contributed by atoms with van der Waals surface area (Å²) < 4.78 is 36.9. The van der Waals surface area contributed by atoms with E-state index >= 15 is 0 Å². The van der Waals surface area contributed by atoms with Crippen LogP contribution in [0.25, 0.3) is 0 Å². The number of alkyl halides is 3. The standard InChI is InChI=1S/C12H16F3NO2S.ClH/c1-11(2,6-17)10(16)8-5-7(3-4-9(8)18)19-12(13,14)15;/h3-5,10,17-18H,6,16H2,1-2H3;1H/t10-;/m0./s1. The average molecular weight is 332 g/mol. The number of aliphatic hydroxyl groups is 1. The molecule has 0 amide bonds. The molecule has 0 aromatic heterocycles. The predicted molar refractivity (Wildman–Crippen MR) is 75.1 cm³/mol. The second kappa shape index (κ2) is 6.89. The molecule has 0 spiro atoms. The Morgan fingerprint density at radius 3 is 2.30 bits per heavy atom. The van der Waals surface area contributed by atoms with Gasteiger partial charge >= 0.3 is 5.51 Å². The average Bonchev–Trinajstić information content (AvgIpc) is 2.29. The van der Waals surface area contributed by atoms with E-state index in [1.165, 1.54) is 18.2 Å². The molecule has 0 saturated heterocycles. The molecule has 0 unspecified atom stereocenters. The number of aromatic hydroxyl groups is 1. The lowest BCUT2D eigenvalue weighted by molar-refractivity contribution is -0.0328. The highest BCUT2D eigenvalue weighted by Gasteiger charge is 2.32. The van der Waals surface area contributed by atoms with Gasteiger partial charge in [0, 0.05) is 28.5 Å². The number of phenolic OH excluding ortho intramolecular Hbond substituents is 1. The number of benzene rings is 1. The van der Waals surface area contributed by atoms with E-state index in [1.54, 1.807) is 13.8 Å². The van der Waals surface area contributed by atoms with Gasteiger partial charge in [0.05, 0.1) is 0 Å². The molecule has 1 aromatic rings. The van der Waals surface area contributed by atoms with Crippen molar-refractivity contribution in [3.05, 3.63) is 23.8 Å². The van der Waals surface area contributed by atoms with Crippen molar-refractivity contribution in [1.82, 2.24) is 0 Å². The number of rotatable bonds is 4. The number of aliphatic hydroxyl groups excluding tert-OH is 1. The van der Waals surface area contributed by atoms with Crippen molar-refractivity contribution in [2.75, 3.05) is 6.61 Å². The van der Waals surface area contributed by atoms with Crippen LogP contribution in [0.4, 0.5) is 13.2 Å². The zero-order valence-electron chi connectivity index (χ0n) is 10.9. The summed E-state index contributed by atoms with van der Waals surface area (Å²) in [5.74, 6) is -0.180. The van der Waals surface area contributed by atoms with Gasteiger partial charge in [-0.1, -0.05) is 13.8 Å². The lowest BCUT2D eigenvalue weighted by Crippen LogP contribution is -2.32. The number of hydrogen-bond donors (Lipinski definition) is 3. The first-order valence-electron chi connectivity index (χ1n) is 5.52. The van der Waals surface area contributed by atoms with Crippen molar-refractivity contribution in [2.45, 2.75) is 30.3 Å². The molecule has 0 fully saturated rings. The summed E-state index contributed by atoms with van der Waals surface area (Å²) in [4.78, 5) is -0.0514. The molecule has 0 bridgehead atoms. The molecule has 0 aliphatic carbocycles. The quantitative estimate of drug-likeness (QED) is 0.739. The molecule has 116 valence electrons. The molecule has 8 heteroatoms. The van der Waals surface area contributed by atoms with Crippen molar-refractivity contribution in [3.63, 3.8) is 0 Å². The van der Waals surface area contributed by atoms with Crippen LogP contribution in [0.2, 0.25) is 0 Å². The van der Waals surface area contributed by atoms with E-state index in [4.69, 9.17) is 5.73 Å². The first kappa shape index (κ1) is 19.4. The van der Waals surface area contributed by atoms with Gasteiger partial charge < -0.3 is 15.9 Å². The third-order valence-electron chi connectivity index (χ3n) is 2.82. The van der Waals surface area contributed by atoms with Crippen LogP contribution in [0.1, 0.15) is 25.5 Å². The number of nitrogens with two attached hydrogens (primary N) is 1. The fraction of sp³-hybridized carbons (Fsp3) is 0.500. The van der Waals surface area contributed by atoms with Gasteiger partial charge in [-0.05, 0) is 30.0 Å². The van der Waals surface area contributed by atoms with E-state index in [0.29, 0.717) is 0 Å². The van der Waals surface area contributed by atoms with Crippen LogP contribution >= 0.6 is 24.2 Å². The Hall–Kier alpha value is -0.630. The number of halogens is 4. The van der Waals surface area contributed by atoms with Crippen LogP contribution in [-0.2, 0) is 0 Å². The topological polar surface area (TPSA) is 66.5 Å². The fourth-order valence-electron chi connectivity index (χ4n) is 1.50. The largest absolute Gasteiger partial charge is 0.508 e. The van der Waals surface area contributed by atoms with E-state index in [0.717, 1.165) is 0 Å². The van der Waals surface area contributed by atoms with Crippen LogP contribution < -0.4 is 5.73 Å². The Morgan fingerprint density at radius 2 is 1.85 bits per heavy atom. The lowest BCUT2D eigenvalue weighted by Gasteiger charge is -2.30. The summed E-state index contributed by atoms with van der Waals surface area (Å²) in [5.41, 5.74) is 0.946. The molecule has 0 saturated carbocycles. The maximum Gasteiger partial charge on any atom is 0.446 e. The molecule has 0 heterocycles. The Morgan fingerprint density at radius 1 is 1.30 bits per heavy atom. The molecular weight excluding hydrogens is 315 g/mol. The Kier molecular flexibility index (Phi) is 6.67. The highest BCUT2D eigenvalue weighted by Crippen LogP contribution is 2.41. The maximum absolute atomic E-state index is 12.3. The first-order chi connectivity index (χ1) is 8.57. The lowest BCUT2D eigenvalue weighted by atomic mass is 9.81. The van der Waals surface area contributed by atoms with Crippen molar-refractivity contribution < 1.29 is 23.4 Å². The van der Waals surface area contributed by atoms with Gasteiger partial charge in [-0.25, -0.2) is 0 Å². The van der Waals surface area contributed by atoms with Gasteiger partial charge in [0.25, 0.3) is 0 Å². The first-order valence-corrected chi connectivity index (χ1v) is 6.33. The van der Waals surface area contributed by atoms with Crippen LogP contribution in [0.3, 0.4) is 0 Å². The van der Waals surface area contributed by atoms with Gasteiger partial charge in [-0.15, -0.1) is 12.4 Å². The molecule has 1 atom stereocenters. The normalized spacial score (nSPS) is 13.8. The molecule has 0 radical (unpaired) electrons. The minimum absolute atomic E-state index is 0. The van der Waals surface area contributed by atoms with Gasteiger partial charge in [0.2, 0.25) is 0 Å². The van der Waals surface area contributed by atoms with E-state index < -0.39 is 17.0 Å². The Labute approximate surface area is 125 Å². The molecule has 4 N–H and O–H groups in total. The Balaban J connectivity index is 0.00000361.